The highest BCUT2D eigenvalue weighted by Crippen LogP contribution is 2.38. The van der Waals surface area contributed by atoms with E-state index in [1.165, 1.54) is 24.3 Å². The van der Waals surface area contributed by atoms with Crippen molar-refractivity contribution in [2.45, 2.75) is 0 Å². The largest absolute Gasteiger partial charge is 0.870 e. The Balaban J connectivity index is 0.00000120. The average Bonchev–Trinajstić information content (AvgIpc) is 2.66. The van der Waals surface area contributed by atoms with Gasteiger partial charge < -0.3 is 16.7 Å². The number of nitrogens with one attached hydrogen (secondary N) is 1. The molecule has 29 heavy (non-hydrogen) atoms. The lowest BCUT2D eigenvalue weighted by Gasteiger charge is -2.29. The van der Waals surface area contributed by atoms with E-state index in [1.54, 1.807) is 24.3 Å². The van der Waals surface area contributed by atoms with Crippen LogP contribution in [0, 0.1) is 0 Å². The SMILES string of the molecule is Nc1ccccc1N1C(=O)c2ccc3c4c(ccc(c24)C1=O)C(=O)NC3=O.[OH-].[OH3+]. The number of anilines is 2. The highest BCUT2D eigenvalue weighted by Gasteiger charge is 2.38. The molecule has 0 bridgehead atoms. The van der Waals surface area contributed by atoms with E-state index in [9.17, 15) is 19.2 Å². The Kier molecular flexibility index (Phi) is 4.42. The van der Waals surface area contributed by atoms with E-state index < -0.39 is 23.6 Å². The maximum absolute atomic E-state index is 13.1. The van der Waals surface area contributed by atoms with Crippen LogP contribution in [0.3, 0.4) is 0 Å². The maximum atomic E-state index is 13.1. The summed E-state index contributed by atoms with van der Waals surface area (Å²) in [5.74, 6) is -2.20. The average molecular weight is 393 g/mol. The minimum atomic E-state index is -0.550. The van der Waals surface area contributed by atoms with Gasteiger partial charge in [-0.05, 0) is 36.4 Å². The molecule has 9 heteroatoms. The van der Waals surface area contributed by atoms with E-state index >= 15 is 0 Å². The number of para-hydroxylation sites is 2. The number of amides is 4. The van der Waals surface area contributed by atoms with Crippen LogP contribution in [-0.4, -0.2) is 29.1 Å². The number of nitrogens with zero attached hydrogens (tertiary/aromatic N) is 1. The molecule has 0 fully saturated rings. The first kappa shape index (κ1) is 19.7. The summed E-state index contributed by atoms with van der Waals surface area (Å²) in [5.41, 5.74) is 7.57. The normalized spacial score (nSPS) is 14.3. The molecule has 3 aromatic rings. The second-order valence-corrected chi connectivity index (χ2v) is 6.36. The van der Waals surface area contributed by atoms with Gasteiger partial charge in [0.05, 0.1) is 11.4 Å². The molecule has 2 aliphatic rings. The standard InChI is InChI=1S/C20H11N3O4.2H2O/c21-13-3-1-2-4-14(13)23-19(26)11-7-5-9-15-10(18(25)22-17(9)24)6-8-12(16(11)15)20(23)27;;/h1-8H,21H2,(H,22,24,25);2*1H2. The number of imide groups is 2. The molecule has 0 aliphatic carbocycles. The van der Waals surface area contributed by atoms with Crippen molar-refractivity contribution >= 4 is 45.8 Å². The molecule has 7 N–H and O–H groups in total. The van der Waals surface area contributed by atoms with Gasteiger partial charge in [0.25, 0.3) is 23.6 Å². The van der Waals surface area contributed by atoms with E-state index in [0.29, 0.717) is 22.1 Å². The van der Waals surface area contributed by atoms with Crippen molar-refractivity contribution in [1.29, 1.82) is 0 Å². The van der Waals surface area contributed by atoms with Gasteiger partial charge in [-0.15, -0.1) is 0 Å². The van der Waals surface area contributed by atoms with Crippen molar-refractivity contribution in [2.24, 2.45) is 0 Å². The van der Waals surface area contributed by atoms with Gasteiger partial charge in [-0.3, -0.25) is 24.5 Å². The summed E-state index contributed by atoms with van der Waals surface area (Å²) in [7, 11) is 0. The fraction of sp³-hybridized carbons (Fsp3) is 0. The van der Waals surface area contributed by atoms with Crippen molar-refractivity contribution in [2.75, 3.05) is 10.6 Å². The van der Waals surface area contributed by atoms with E-state index in [0.717, 1.165) is 4.90 Å². The summed E-state index contributed by atoms with van der Waals surface area (Å²) in [6.07, 6.45) is 0. The topological polar surface area (TPSA) is 173 Å². The van der Waals surface area contributed by atoms with Crippen LogP contribution in [0.25, 0.3) is 10.8 Å². The Morgan fingerprint density at radius 3 is 1.66 bits per heavy atom. The third kappa shape index (κ3) is 2.42. The summed E-state index contributed by atoms with van der Waals surface area (Å²) < 4.78 is 0. The molecule has 2 aliphatic heterocycles. The number of nitrogen functional groups attached to an aromatic ring is 1. The van der Waals surface area contributed by atoms with E-state index in [-0.39, 0.29) is 33.2 Å². The van der Waals surface area contributed by atoms with Gasteiger partial charge in [0.15, 0.2) is 0 Å². The zero-order chi connectivity index (χ0) is 18.9. The number of nitrogens with two attached hydrogens (primary N) is 1. The molecular formula is C20H15N3O6. The number of benzene rings is 3. The Morgan fingerprint density at radius 2 is 1.14 bits per heavy atom. The van der Waals surface area contributed by atoms with Crippen molar-refractivity contribution < 1.29 is 30.1 Å². The van der Waals surface area contributed by atoms with Crippen LogP contribution in [0.5, 0.6) is 0 Å². The van der Waals surface area contributed by atoms with Crippen LogP contribution < -0.4 is 16.0 Å². The van der Waals surface area contributed by atoms with E-state index in [4.69, 9.17) is 5.73 Å². The van der Waals surface area contributed by atoms with E-state index in [2.05, 4.69) is 5.32 Å². The van der Waals surface area contributed by atoms with E-state index in [1.807, 2.05) is 0 Å². The smallest absolute Gasteiger partial charge is 0.266 e. The minimum Gasteiger partial charge on any atom is -0.870 e. The van der Waals surface area contributed by atoms with Crippen LogP contribution in [0.4, 0.5) is 11.4 Å². The molecular weight excluding hydrogens is 378 g/mol. The molecule has 9 nitrogen and oxygen atoms in total. The molecule has 4 amide bonds. The molecule has 5 rings (SSSR count). The summed E-state index contributed by atoms with van der Waals surface area (Å²) in [6, 6.07) is 12.6. The molecule has 146 valence electrons. The second-order valence-electron chi connectivity index (χ2n) is 6.36. The van der Waals surface area contributed by atoms with Crippen molar-refractivity contribution in [3.05, 3.63) is 70.8 Å². The molecule has 0 spiro atoms. The van der Waals surface area contributed by atoms with Gasteiger partial charge in [0.2, 0.25) is 0 Å². The molecule has 0 radical (unpaired) electrons. The first-order valence-electron chi connectivity index (χ1n) is 8.17. The zero-order valence-electron chi connectivity index (χ0n) is 14.8. The third-order valence-electron chi connectivity index (χ3n) is 4.92. The number of rotatable bonds is 1. The molecule has 2 heterocycles. The molecule has 0 saturated heterocycles. The first-order valence-corrected chi connectivity index (χ1v) is 8.17. The van der Waals surface area contributed by atoms with Crippen LogP contribution >= 0.6 is 0 Å². The molecule has 0 aromatic heterocycles. The molecule has 0 unspecified atom stereocenters. The number of hydrogen-bond acceptors (Lipinski definition) is 6. The third-order valence-corrected chi connectivity index (χ3v) is 4.92. The highest BCUT2D eigenvalue weighted by atomic mass is 16.2. The van der Waals surface area contributed by atoms with Gasteiger partial charge in [-0.1, -0.05) is 12.1 Å². The van der Waals surface area contributed by atoms with Gasteiger partial charge in [-0.25, -0.2) is 4.90 Å². The summed E-state index contributed by atoms with van der Waals surface area (Å²) in [6.45, 7) is 0. The van der Waals surface area contributed by atoms with Gasteiger partial charge >= 0.3 is 0 Å². The fourth-order valence-electron chi connectivity index (χ4n) is 3.71. The fourth-order valence-corrected chi connectivity index (χ4v) is 3.71. The van der Waals surface area contributed by atoms with Gasteiger partial charge in [0, 0.05) is 33.0 Å². The highest BCUT2D eigenvalue weighted by molar-refractivity contribution is 6.39. The Labute approximate surface area is 163 Å². The van der Waals surface area contributed by atoms with Crippen LogP contribution in [0.2, 0.25) is 0 Å². The second kappa shape index (κ2) is 6.51. The molecule has 0 saturated carbocycles. The van der Waals surface area contributed by atoms with Crippen LogP contribution in [0.1, 0.15) is 41.4 Å². The zero-order valence-corrected chi connectivity index (χ0v) is 14.8. The van der Waals surface area contributed by atoms with Crippen molar-refractivity contribution in [1.82, 2.24) is 5.32 Å². The summed E-state index contributed by atoms with van der Waals surface area (Å²) >= 11 is 0. The quantitative estimate of drug-likeness (QED) is 0.354. The monoisotopic (exact) mass is 393 g/mol. The van der Waals surface area contributed by atoms with Gasteiger partial charge in [-0.2, -0.15) is 0 Å². The van der Waals surface area contributed by atoms with Crippen LogP contribution in [-0.2, 0) is 5.48 Å². The van der Waals surface area contributed by atoms with Crippen LogP contribution in [0.15, 0.2) is 48.5 Å². The number of carbonyl (C=O) groups is 4. The predicted molar refractivity (Wildman–Crippen MR) is 105 cm³/mol. The van der Waals surface area contributed by atoms with Crippen molar-refractivity contribution in [3.8, 4) is 0 Å². The lowest BCUT2D eigenvalue weighted by molar-refractivity contribution is 0.0837. The van der Waals surface area contributed by atoms with Gasteiger partial charge in [0.1, 0.15) is 0 Å². The lowest BCUT2D eigenvalue weighted by atomic mass is 9.86. The minimum absolute atomic E-state index is 0. The predicted octanol–water partition coefficient (Wildman–Crippen LogP) is 1.01. The summed E-state index contributed by atoms with van der Waals surface area (Å²) in [5, 5.41) is 2.92. The Hall–Kier alpha value is -4.08. The lowest BCUT2D eigenvalue weighted by Crippen LogP contribution is -2.42. The summed E-state index contributed by atoms with van der Waals surface area (Å²) in [4.78, 5) is 51.6. The number of hydrogen-bond donors (Lipinski definition) is 2. The molecule has 3 aromatic carbocycles. The maximum Gasteiger partial charge on any atom is 0.266 e. The van der Waals surface area contributed by atoms with Crippen molar-refractivity contribution in [3.63, 3.8) is 0 Å². The first-order chi connectivity index (χ1) is 13.0. The molecule has 0 atom stereocenters. The number of carbonyl (C=O) groups excluding carboxylic acids is 4. The Bertz CT molecular complexity index is 1180. The Morgan fingerprint density at radius 1 is 0.690 bits per heavy atom.